The normalized spacial score (nSPS) is 10.6. The fraction of sp³-hybridized carbons (Fsp3) is 0.300. The van der Waals surface area contributed by atoms with Crippen LogP contribution in [0, 0.1) is 11.7 Å². The third-order valence-electron chi connectivity index (χ3n) is 4.11. The van der Waals surface area contributed by atoms with Gasteiger partial charge in [-0.25, -0.2) is 4.39 Å². The predicted octanol–water partition coefficient (Wildman–Crippen LogP) is 4.13. The highest BCUT2D eigenvalue weighted by molar-refractivity contribution is 6.04. The number of rotatable bonds is 7. The summed E-state index contributed by atoms with van der Waals surface area (Å²) < 4.78 is 12.9. The molecule has 0 bridgehead atoms. The van der Waals surface area contributed by atoms with E-state index < -0.39 is 0 Å². The highest BCUT2D eigenvalue weighted by Gasteiger charge is 2.13. The van der Waals surface area contributed by atoms with Crippen LogP contribution in [0.5, 0.6) is 0 Å². The molecule has 25 heavy (non-hydrogen) atoms. The van der Waals surface area contributed by atoms with Crippen molar-refractivity contribution >= 4 is 17.5 Å². The molecule has 0 aliphatic heterocycles. The molecule has 0 radical (unpaired) electrons. The maximum absolute atomic E-state index is 12.9. The van der Waals surface area contributed by atoms with Crippen molar-refractivity contribution in [1.29, 1.82) is 0 Å². The Morgan fingerprint density at radius 1 is 1.04 bits per heavy atom. The first kappa shape index (κ1) is 18.6. The van der Waals surface area contributed by atoms with Crippen LogP contribution in [0.4, 0.5) is 10.1 Å². The quantitative estimate of drug-likeness (QED) is 0.795. The van der Waals surface area contributed by atoms with Crippen molar-refractivity contribution in [3.05, 3.63) is 65.5 Å². The molecule has 0 saturated carbocycles. The Hall–Kier alpha value is -2.69. The lowest BCUT2D eigenvalue weighted by Crippen LogP contribution is -2.29. The van der Waals surface area contributed by atoms with Crippen LogP contribution in [0.1, 0.15) is 42.6 Å². The number of carbonyl (C=O) groups is 2. The molecule has 0 aliphatic rings. The maximum atomic E-state index is 12.9. The molecular formula is C20H23FN2O2. The second-order valence-corrected chi connectivity index (χ2v) is 5.89. The van der Waals surface area contributed by atoms with Gasteiger partial charge in [-0.2, -0.15) is 0 Å². The molecule has 0 atom stereocenters. The van der Waals surface area contributed by atoms with Crippen LogP contribution in [0.15, 0.2) is 48.5 Å². The van der Waals surface area contributed by atoms with Gasteiger partial charge in [0, 0.05) is 23.7 Å². The summed E-state index contributed by atoms with van der Waals surface area (Å²) in [5.74, 6) is -0.614. The molecule has 0 aliphatic carbocycles. The molecule has 0 spiro atoms. The second-order valence-electron chi connectivity index (χ2n) is 5.89. The zero-order chi connectivity index (χ0) is 18.2. The average molecular weight is 342 g/mol. The van der Waals surface area contributed by atoms with Gasteiger partial charge in [0.05, 0.1) is 0 Å². The lowest BCUT2D eigenvalue weighted by molar-refractivity contribution is -0.125. The second kappa shape index (κ2) is 8.97. The maximum Gasteiger partial charge on any atom is 0.255 e. The van der Waals surface area contributed by atoms with Gasteiger partial charge < -0.3 is 10.6 Å². The third kappa shape index (κ3) is 5.41. The Balaban J connectivity index is 1.97. The Kier molecular flexibility index (Phi) is 6.69. The molecule has 0 heterocycles. The van der Waals surface area contributed by atoms with Crippen molar-refractivity contribution in [1.82, 2.24) is 5.32 Å². The Morgan fingerprint density at radius 3 is 2.36 bits per heavy atom. The summed E-state index contributed by atoms with van der Waals surface area (Å²) >= 11 is 0. The summed E-state index contributed by atoms with van der Waals surface area (Å²) in [6, 6.07) is 12.7. The highest BCUT2D eigenvalue weighted by atomic mass is 19.1. The zero-order valence-corrected chi connectivity index (χ0v) is 14.5. The van der Waals surface area contributed by atoms with Crippen LogP contribution in [0.25, 0.3) is 0 Å². The fourth-order valence-corrected chi connectivity index (χ4v) is 2.56. The summed E-state index contributed by atoms with van der Waals surface area (Å²) in [5.41, 5.74) is 1.91. The third-order valence-corrected chi connectivity index (χ3v) is 4.11. The van der Waals surface area contributed by atoms with E-state index in [-0.39, 0.29) is 23.5 Å². The van der Waals surface area contributed by atoms with Gasteiger partial charge in [0.25, 0.3) is 5.91 Å². The molecule has 2 aromatic carbocycles. The van der Waals surface area contributed by atoms with Gasteiger partial charge in [-0.3, -0.25) is 9.59 Å². The number of anilines is 1. The minimum atomic E-state index is -0.383. The average Bonchev–Trinajstić information content (AvgIpc) is 2.62. The number of benzene rings is 2. The van der Waals surface area contributed by atoms with Crippen LogP contribution in [0.3, 0.4) is 0 Å². The van der Waals surface area contributed by atoms with E-state index in [0.717, 1.165) is 18.4 Å². The molecule has 4 nitrogen and oxygen atoms in total. The van der Waals surface area contributed by atoms with Crippen LogP contribution in [-0.4, -0.2) is 11.8 Å². The van der Waals surface area contributed by atoms with Crippen molar-refractivity contribution in [3.63, 3.8) is 0 Å². The molecular weight excluding hydrogens is 319 g/mol. The summed E-state index contributed by atoms with van der Waals surface area (Å²) in [7, 11) is 0. The molecule has 0 aromatic heterocycles. The van der Waals surface area contributed by atoms with E-state index in [1.807, 2.05) is 32.0 Å². The number of hydrogen-bond acceptors (Lipinski definition) is 2. The number of hydrogen-bond donors (Lipinski definition) is 2. The molecule has 132 valence electrons. The largest absolute Gasteiger partial charge is 0.352 e. The first-order chi connectivity index (χ1) is 12.0. The SMILES string of the molecule is CCC(CC)C(=O)NCc1cccc(NC(=O)c2ccc(F)cc2)c1. The molecule has 2 N–H and O–H groups in total. The van der Waals surface area contributed by atoms with Crippen molar-refractivity contribution in [3.8, 4) is 0 Å². The van der Waals surface area contributed by atoms with E-state index in [0.29, 0.717) is 17.8 Å². The number of amides is 2. The molecule has 2 amide bonds. The molecule has 5 heteroatoms. The lowest BCUT2D eigenvalue weighted by Gasteiger charge is -2.13. The van der Waals surface area contributed by atoms with Crippen molar-refractivity contribution in [2.45, 2.75) is 33.2 Å². The minimum absolute atomic E-state index is 0.0290. The molecule has 0 unspecified atom stereocenters. The van der Waals surface area contributed by atoms with Gasteiger partial charge in [-0.05, 0) is 54.8 Å². The number of nitrogens with one attached hydrogen (secondary N) is 2. The van der Waals surface area contributed by atoms with Crippen LogP contribution in [-0.2, 0) is 11.3 Å². The van der Waals surface area contributed by atoms with E-state index in [2.05, 4.69) is 10.6 Å². The lowest BCUT2D eigenvalue weighted by atomic mass is 10.0. The first-order valence-corrected chi connectivity index (χ1v) is 8.47. The van der Waals surface area contributed by atoms with E-state index >= 15 is 0 Å². The molecule has 0 saturated heterocycles. The first-order valence-electron chi connectivity index (χ1n) is 8.47. The van der Waals surface area contributed by atoms with E-state index in [4.69, 9.17) is 0 Å². The molecule has 2 aromatic rings. The summed E-state index contributed by atoms with van der Waals surface area (Å²) in [4.78, 5) is 24.2. The van der Waals surface area contributed by atoms with Gasteiger partial charge in [-0.1, -0.05) is 26.0 Å². The van der Waals surface area contributed by atoms with Gasteiger partial charge >= 0.3 is 0 Å². The van der Waals surface area contributed by atoms with E-state index in [1.54, 1.807) is 6.07 Å². The molecule has 2 rings (SSSR count). The van der Waals surface area contributed by atoms with E-state index in [1.165, 1.54) is 24.3 Å². The number of halogens is 1. The summed E-state index contributed by atoms with van der Waals surface area (Å²) in [6.07, 6.45) is 1.63. The van der Waals surface area contributed by atoms with Gasteiger partial charge in [-0.15, -0.1) is 0 Å². The monoisotopic (exact) mass is 342 g/mol. The Morgan fingerprint density at radius 2 is 1.72 bits per heavy atom. The fourth-order valence-electron chi connectivity index (χ4n) is 2.56. The van der Waals surface area contributed by atoms with Crippen molar-refractivity contribution in [2.75, 3.05) is 5.32 Å². The summed E-state index contributed by atoms with van der Waals surface area (Å²) in [6.45, 7) is 4.41. The minimum Gasteiger partial charge on any atom is -0.352 e. The standard InChI is InChI=1S/C20H23FN2O2/c1-3-15(4-2)19(24)22-13-14-6-5-7-18(12-14)23-20(25)16-8-10-17(21)11-9-16/h5-12,15H,3-4,13H2,1-2H3,(H,22,24)(H,23,25). The summed E-state index contributed by atoms with van der Waals surface area (Å²) in [5, 5.41) is 5.70. The van der Waals surface area contributed by atoms with Crippen LogP contribution < -0.4 is 10.6 Å². The Labute approximate surface area is 147 Å². The van der Waals surface area contributed by atoms with Crippen LogP contribution in [0.2, 0.25) is 0 Å². The van der Waals surface area contributed by atoms with Gasteiger partial charge in [0.15, 0.2) is 0 Å². The van der Waals surface area contributed by atoms with Crippen molar-refractivity contribution < 1.29 is 14.0 Å². The Bertz CT molecular complexity index is 725. The zero-order valence-electron chi connectivity index (χ0n) is 14.5. The van der Waals surface area contributed by atoms with Crippen LogP contribution >= 0.6 is 0 Å². The highest BCUT2D eigenvalue weighted by Crippen LogP contribution is 2.14. The predicted molar refractivity (Wildman–Crippen MR) is 96.7 cm³/mol. The van der Waals surface area contributed by atoms with Crippen molar-refractivity contribution in [2.24, 2.45) is 5.92 Å². The van der Waals surface area contributed by atoms with Gasteiger partial charge in [0.2, 0.25) is 5.91 Å². The molecule has 0 fully saturated rings. The van der Waals surface area contributed by atoms with E-state index in [9.17, 15) is 14.0 Å². The number of carbonyl (C=O) groups excluding carboxylic acids is 2. The van der Waals surface area contributed by atoms with Gasteiger partial charge in [0.1, 0.15) is 5.82 Å². The smallest absolute Gasteiger partial charge is 0.255 e. The topological polar surface area (TPSA) is 58.2 Å².